The Morgan fingerprint density at radius 2 is 2.12 bits per heavy atom. The van der Waals surface area contributed by atoms with E-state index in [1.807, 2.05) is 19.2 Å². The van der Waals surface area contributed by atoms with Crippen molar-refractivity contribution in [3.05, 3.63) is 18.5 Å². The highest BCUT2D eigenvalue weighted by molar-refractivity contribution is 5.80. The summed E-state index contributed by atoms with van der Waals surface area (Å²) in [5.41, 5.74) is 0. The zero-order valence-electron chi connectivity index (χ0n) is 10.6. The van der Waals surface area contributed by atoms with E-state index in [4.69, 9.17) is 0 Å². The largest absolute Gasteiger partial charge is 0.352 e. The second-order valence-electron chi connectivity index (χ2n) is 5.13. The second kappa shape index (κ2) is 5.34. The summed E-state index contributed by atoms with van der Waals surface area (Å²) >= 11 is 0. The quantitative estimate of drug-likeness (QED) is 0.872. The minimum Gasteiger partial charge on any atom is -0.352 e. The summed E-state index contributed by atoms with van der Waals surface area (Å²) in [4.78, 5) is 12.0. The molecule has 1 fully saturated rings. The van der Waals surface area contributed by atoms with Crippen LogP contribution in [0.15, 0.2) is 18.5 Å². The van der Waals surface area contributed by atoms with Crippen molar-refractivity contribution < 1.29 is 4.79 Å². The van der Waals surface area contributed by atoms with Gasteiger partial charge >= 0.3 is 0 Å². The monoisotopic (exact) mass is 235 g/mol. The molecular formula is C13H21N3O. The van der Waals surface area contributed by atoms with Gasteiger partial charge in [0.15, 0.2) is 0 Å². The fourth-order valence-electron chi connectivity index (χ4n) is 2.36. The first-order valence-corrected chi connectivity index (χ1v) is 6.46. The van der Waals surface area contributed by atoms with E-state index in [0.717, 1.165) is 18.8 Å². The van der Waals surface area contributed by atoms with Crippen LogP contribution in [-0.2, 0) is 4.79 Å². The van der Waals surface area contributed by atoms with Crippen LogP contribution in [-0.4, -0.2) is 21.7 Å². The third kappa shape index (κ3) is 3.08. The van der Waals surface area contributed by atoms with Gasteiger partial charge in [0.05, 0.1) is 0 Å². The molecule has 4 heteroatoms. The summed E-state index contributed by atoms with van der Waals surface area (Å²) in [7, 11) is 0. The molecule has 1 heterocycles. The number of amides is 1. The Balaban J connectivity index is 1.85. The van der Waals surface area contributed by atoms with Gasteiger partial charge in [0.25, 0.3) is 0 Å². The molecule has 1 aliphatic rings. The van der Waals surface area contributed by atoms with Gasteiger partial charge in [-0.1, -0.05) is 6.92 Å². The van der Waals surface area contributed by atoms with Crippen molar-refractivity contribution in [1.82, 2.24) is 15.1 Å². The van der Waals surface area contributed by atoms with Crippen molar-refractivity contribution in [2.75, 3.05) is 0 Å². The summed E-state index contributed by atoms with van der Waals surface area (Å²) in [5, 5.41) is 7.23. The van der Waals surface area contributed by atoms with E-state index in [1.165, 1.54) is 12.8 Å². The minimum absolute atomic E-state index is 0.0771. The Bertz CT molecular complexity index is 353. The van der Waals surface area contributed by atoms with Gasteiger partial charge in [-0.05, 0) is 44.6 Å². The lowest BCUT2D eigenvalue weighted by atomic mass is 9.87. The summed E-state index contributed by atoms with van der Waals surface area (Å²) in [6, 6.07) is 1.98. The highest BCUT2D eigenvalue weighted by atomic mass is 16.2. The number of carbonyl (C=O) groups is 1. The molecule has 1 atom stereocenters. The number of rotatable bonds is 3. The molecule has 94 valence electrons. The molecule has 0 saturated heterocycles. The summed E-state index contributed by atoms with van der Waals surface area (Å²) < 4.78 is 1.70. The van der Waals surface area contributed by atoms with Gasteiger partial charge < -0.3 is 5.32 Å². The van der Waals surface area contributed by atoms with Crippen LogP contribution in [0.5, 0.6) is 0 Å². The molecule has 0 bridgehead atoms. The highest BCUT2D eigenvalue weighted by Gasteiger charge is 2.22. The van der Waals surface area contributed by atoms with Crippen molar-refractivity contribution in [3.63, 3.8) is 0 Å². The Morgan fingerprint density at radius 3 is 2.71 bits per heavy atom. The van der Waals surface area contributed by atoms with Crippen molar-refractivity contribution >= 4 is 5.91 Å². The van der Waals surface area contributed by atoms with E-state index < -0.39 is 0 Å². The van der Waals surface area contributed by atoms with E-state index in [-0.39, 0.29) is 11.9 Å². The molecule has 1 N–H and O–H groups in total. The van der Waals surface area contributed by atoms with E-state index in [0.29, 0.717) is 6.04 Å². The molecule has 4 nitrogen and oxygen atoms in total. The number of nitrogens with one attached hydrogen (secondary N) is 1. The van der Waals surface area contributed by atoms with E-state index in [2.05, 4.69) is 17.3 Å². The number of carbonyl (C=O) groups excluding carboxylic acids is 1. The van der Waals surface area contributed by atoms with Gasteiger partial charge in [0, 0.05) is 18.4 Å². The zero-order chi connectivity index (χ0) is 12.3. The molecule has 1 unspecified atom stereocenters. The molecule has 0 aliphatic heterocycles. The Labute approximate surface area is 102 Å². The third-order valence-corrected chi connectivity index (χ3v) is 3.66. The van der Waals surface area contributed by atoms with E-state index >= 15 is 0 Å². The molecule has 0 spiro atoms. The van der Waals surface area contributed by atoms with Gasteiger partial charge in [-0.15, -0.1) is 0 Å². The fourth-order valence-corrected chi connectivity index (χ4v) is 2.36. The topological polar surface area (TPSA) is 46.9 Å². The van der Waals surface area contributed by atoms with Gasteiger partial charge in [-0.3, -0.25) is 9.48 Å². The lowest BCUT2D eigenvalue weighted by molar-refractivity contribution is -0.125. The molecule has 1 amide bonds. The molecule has 0 radical (unpaired) electrons. The van der Waals surface area contributed by atoms with Crippen molar-refractivity contribution in [2.24, 2.45) is 5.92 Å². The maximum absolute atomic E-state index is 12.0. The Kier molecular flexibility index (Phi) is 3.82. The van der Waals surface area contributed by atoms with Crippen LogP contribution < -0.4 is 5.32 Å². The van der Waals surface area contributed by atoms with Crippen LogP contribution in [0.2, 0.25) is 0 Å². The van der Waals surface area contributed by atoms with Crippen LogP contribution in [0.1, 0.15) is 45.6 Å². The second-order valence-corrected chi connectivity index (χ2v) is 5.13. The lowest BCUT2D eigenvalue weighted by Gasteiger charge is -2.28. The maximum Gasteiger partial charge on any atom is 0.244 e. The van der Waals surface area contributed by atoms with Crippen molar-refractivity contribution in [2.45, 2.75) is 51.6 Å². The minimum atomic E-state index is -0.218. The number of hydrogen-bond acceptors (Lipinski definition) is 2. The average Bonchev–Trinajstić information content (AvgIpc) is 2.84. The summed E-state index contributed by atoms with van der Waals surface area (Å²) in [5.74, 6) is 0.889. The Morgan fingerprint density at radius 1 is 1.41 bits per heavy atom. The van der Waals surface area contributed by atoms with Gasteiger partial charge in [0.1, 0.15) is 6.04 Å². The summed E-state index contributed by atoms with van der Waals surface area (Å²) in [6.07, 6.45) is 8.19. The highest BCUT2D eigenvalue weighted by Crippen LogP contribution is 2.23. The standard InChI is InChI=1S/C13H21N3O/c1-10-4-6-12(7-5-10)15-13(17)11(2)16-9-3-8-14-16/h3,8-12H,4-7H2,1-2H3,(H,15,17). The van der Waals surface area contributed by atoms with Crippen molar-refractivity contribution in [3.8, 4) is 0 Å². The first kappa shape index (κ1) is 12.1. The lowest BCUT2D eigenvalue weighted by Crippen LogP contribution is -2.40. The van der Waals surface area contributed by atoms with Crippen molar-refractivity contribution in [1.29, 1.82) is 0 Å². The first-order valence-electron chi connectivity index (χ1n) is 6.46. The van der Waals surface area contributed by atoms with Gasteiger partial charge in [-0.2, -0.15) is 5.10 Å². The fraction of sp³-hybridized carbons (Fsp3) is 0.692. The molecule has 1 aromatic heterocycles. The molecular weight excluding hydrogens is 214 g/mol. The SMILES string of the molecule is CC1CCC(NC(=O)C(C)n2cccn2)CC1. The van der Waals surface area contributed by atoms with Crippen LogP contribution in [0.25, 0.3) is 0 Å². The molecule has 0 aromatic carbocycles. The number of hydrogen-bond donors (Lipinski definition) is 1. The third-order valence-electron chi connectivity index (χ3n) is 3.66. The van der Waals surface area contributed by atoms with E-state index in [9.17, 15) is 4.79 Å². The predicted molar refractivity (Wildman–Crippen MR) is 66.5 cm³/mol. The number of aromatic nitrogens is 2. The van der Waals surface area contributed by atoms with Crippen LogP contribution in [0.4, 0.5) is 0 Å². The van der Waals surface area contributed by atoms with Gasteiger partial charge in [-0.25, -0.2) is 0 Å². The molecule has 1 saturated carbocycles. The number of nitrogens with zero attached hydrogens (tertiary/aromatic N) is 2. The van der Waals surface area contributed by atoms with Gasteiger partial charge in [0.2, 0.25) is 5.91 Å². The van der Waals surface area contributed by atoms with Crippen LogP contribution >= 0.6 is 0 Å². The van der Waals surface area contributed by atoms with E-state index in [1.54, 1.807) is 10.9 Å². The summed E-state index contributed by atoms with van der Waals surface area (Å²) in [6.45, 7) is 4.16. The molecule has 17 heavy (non-hydrogen) atoms. The Hall–Kier alpha value is -1.32. The maximum atomic E-state index is 12.0. The predicted octanol–water partition coefficient (Wildman–Crippen LogP) is 2.14. The normalized spacial score (nSPS) is 26.5. The zero-order valence-corrected chi connectivity index (χ0v) is 10.6. The molecule has 1 aromatic rings. The van der Waals surface area contributed by atoms with Crippen LogP contribution in [0, 0.1) is 5.92 Å². The first-order chi connectivity index (χ1) is 8.16. The average molecular weight is 235 g/mol. The molecule has 1 aliphatic carbocycles. The van der Waals surface area contributed by atoms with Crippen LogP contribution in [0.3, 0.4) is 0 Å². The smallest absolute Gasteiger partial charge is 0.244 e. The molecule has 2 rings (SSSR count).